The molecule has 0 radical (unpaired) electrons. The van der Waals surface area contributed by atoms with Crippen LogP contribution in [0, 0.1) is 0 Å². The van der Waals surface area contributed by atoms with Crippen LogP contribution in [0.2, 0.25) is 5.02 Å². The van der Waals surface area contributed by atoms with Crippen LogP contribution in [0.4, 0.5) is 0 Å². The van der Waals surface area contributed by atoms with Crippen LogP contribution in [0.25, 0.3) is 0 Å². The fraction of sp³-hybridized carbons (Fsp3) is 0.355. The van der Waals surface area contributed by atoms with Crippen LogP contribution in [0.5, 0.6) is 11.5 Å². The Morgan fingerprint density at radius 2 is 1.66 bits per heavy atom. The van der Waals surface area contributed by atoms with Crippen molar-refractivity contribution in [1.82, 2.24) is 10.2 Å². The third-order valence-corrected chi connectivity index (χ3v) is 6.98. The molecule has 1 N–H and O–H groups in total. The lowest BCUT2D eigenvalue weighted by Crippen LogP contribution is -2.52. The van der Waals surface area contributed by atoms with Crippen molar-refractivity contribution in [3.8, 4) is 11.5 Å². The van der Waals surface area contributed by atoms with Crippen LogP contribution < -0.4 is 14.8 Å². The van der Waals surface area contributed by atoms with Gasteiger partial charge in [-0.3, -0.25) is 9.59 Å². The Balaban J connectivity index is 1.60. The summed E-state index contributed by atoms with van der Waals surface area (Å²) in [5.74, 6) is 1.17. The molecule has 38 heavy (non-hydrogen) atoms. The van der Waals surface area contributed by atoms with Gasteiger partial charge in [-0.05, 0) is 60.7 Å². The number of carbonyl (C=O) groups is 2. The number of benzene rings is 3. The molecule has 0 spiro atoms. The molecule has 1 aliphatic rings. The van der Waals surface area contributed by atoms with Crippen molar-refractivity contribution in [1.29, 1.82) is 0 Å². The van der Waals surface area contributed by atoms with Crippen LogP contribution >= 0.6 is 11.6 Å². The highest BCUT2D eigenvalue weighted by atomic mass is 35.5. The number of amides is 2. The first kappa shape index (κ1) is 27.5. The lowest BCUT2D eigenvalue weighted by atomic mass is 10.0. The molecular formula is C31H35ClN2O4. The maximum absolute atomic E-state index is 13.8. The van der Waals surface area contributed by atoms with Gasteiger partial charge in [-0.2, -0.15) is 0 Å². The zero-order chi connectivity index (χ0) is 26.9. The monoisotopic (exact) mass is 534 g/mol. The molecule has 0 bridgehead atoms. The van der Waals surface area contributed by atoms with E-state index in [1.54, 1.807) is 11.0 Å². The fourth-order valence-electron chi connectivity index (χ4n) is 4.47. The second kappa shape index (κ2) is 13.3. The van der Waals surface area contributed by atoms with Crippen molar-refractivity contribution in [2.75, 3.05) is 13.2 Å². The van der Waals surface area contributed by atoms with Gasteiger partial charge < -0.3 is 19.7 Å². The largest absolute Gasteiger partial charge is 0.486 e. The molecule has 0 aliphatic carbocycles. The van der Waals surface area contributed by atoms with Gasteiger partial charge in [-0.1, -0.05) is 67.1 Å². The number of halogens is 1. The molecule has 0 saturated carbocycles. The number of nitrogens with zero attached hydrogens (tertiary/aromatic N) is 1. The number of nitrogens with one attached hydrogen (secondary N) is 1. The number of fused-ring (bicyclic) bond motifs is 1. The van der Waals surface area contributed by atoms with E-state index in [-0.39, 0.29) is 30.8 Å². The molecule has 3 aromatic rings. The summed E-state index contributed by atoms with van der Waals surface area (Å²) < 4.78 is 11.3. The Labute approximate surface area is 229 Å². The summed E-state index contributed by atoms with van der Waals surface area (Å²) in [6, 6.07) is 22.4. The molecule has 3 aromatic carbocycles. The summed E-state index contributed by atoms with van der Waals surface area (Å²) in [6.07, 6.45) is 1.99. The third kappa shape index (κ3) is 7.51. The van der Waals surface area contributed by atoms with E-state index in [9.17, 15) is 9.59 Å². The topological polar surface area (TPSA) is 67.9 Å². The van der Waals surface area contributed by atoms with Crippen molar-refractivity contribution in [2.45, 2.75) is 58.2 Å². The summed E-state index contributed by atoms with van der Waals surface area (Å²) >= 11 is 6.26. The minimum atomic E-state index is -0.668. The van der Waals surface area contributed by atoms with E-state index in [4.69, 9.17) is 21.1 Å². The number of aryl methyl sites for hydroxylation is 1. The average molecular weight is 535 g/mol. The fourth-order valence-corrected chi connectivity index (χ4v) is 4.68. The summed E-state index contributed by atoms with van der Waals surface area (Å²) in [5, 5.41) is 3.69. The number of carbonyl (C=O) groups excluding carboxylic acids is 2. The maximum Gasteiger partial charge on any atom is 0.243 e. The van der Waals surface area contributed by atoms with Crippen LogP contribution in [-0.4, -0.2) is 42.0 Å². The van der Waals surface area contributed by atoms with Crippen LogP contribution in [-0.2, 0) is 29.0 Å². The average Bonchev–Trinajstić information content (AvgIpc) is 2.94. The second-order valence-corrected chi connectivity index (χ2v) is 10.1. The Morgan fingerprint density at radius 3 is 2.39 bits per heavy atom. The molecule has 200 valence electrons. The molecule has 2 atom stereocenters. The number of ether oxygens (including phenoxy) is 2. The van der Waals surface area contributed by atoms with E-state index in [1.165, 1.54) is 0 Å². The van der Waals surface area contributed by atoms with Crippen molar-refractivity contribution >= 4 is 23.4 Å². The summed E-state index contributed by atoms with van der Waals surface area (Å²) in [6.45, 7) is 5.33. The smallest absolute Gasteiger partial charge is 0.243 e. The Hall–Kier alpha value is -3.51. The van der Waals surface area contributed by atoms with Gasteiger partial charge in [0, 0.05) is 30.5 Å². The van der Waals surface area contributed by atoms with Crippen LogP contribution in [0.15, 0.2) is 72.8 Å². The van der Waals surface area contributed by atoms with Crippen LogP contribution in [0.1, 0.15) is 43.4 Å². The Kier molecular flexibility index (Phi) is 9.66. The predicted octanol–water partition coefficient (Wildman–Crippen LogP) is 5.60. The molecule has 0 saturated heterocycles. The van der Waals surface area contributed by atoms with E-state index in [0.717, 1.165) is 28.9 Å². The van der Waals surface area contributed by atoms with Gasteiger partial charge in [0.2, 0.25) is 11.8 Å². The third-order valence-electron chi connectivity index (χ3n) is 6.75. The molecule has 6 nitrogen and oxygen atoms in total. The molecule has 1 heterocycles. The summed E-state index contributed by atoms with van der Waals surface area (Å²) in [7, 11) is 0. The van der Waals surface area contributed by atoms with E-state index in [0.29, 0.717) is 36.8 Å². The lowest BCUT2D eigenvalue weighted by molar-refractivity contribution is -0.141. The first-order valence-corrected chi connectivity index (χ1v) is 13.6. The minimum absolute atomic E-state index is 0.00149. The molecule has 0 fully saturated rings. The minimum Gasteiger partial charge on any atom is -0.486 e. The zero-order valence-corrected chi connectivity index (χ0v) is 22.7. The highest BCUT2D eigenvalue weighted by Gasteiger charge is 2.31. The van der Waals surface area contributed by atoms with Gasteiger partial charge in [-0.15, -0.1) is 0 Å². The molecule has 1 aliphatic heterocycles. The maximum atomic E-state index is 13.8. The van der Waals surface area contributed by atoms with Gasteiger partial charge in [-0.25, -0.2) is 0 Å². The standard InChI is InChI=1S/C31H35ClN2O4/c1-3-22(2)33-31(36)27(19-23-8-5-4-6-9-23)34(21-25-10-7-11-26(32)18-25)30(35)15-13-24-12-14-28-29(20-24)38-17-16-37-28/h4-12,14,18,20,22,27H,3,13,15-17,19,21H2,1-2H3,(H,33,36)/t22-,27-/m1/s1. The number of hydrogen-bond donors (Lipinski definition) is 1. The zero-order valence-electron chi connectivity index (χ0n) is 22.0. The Bertz CT molecular complexity index is 1230. The molecule has 2 amide bonds. The van der Waals surface area contributed by atoms with Crippen molar-refractivity contribution in [3.05, 3.63) is 94.5 Å². The molecule has 0 unspecified atom stereocenters. The van der Waals surface area contributed by atoms with E-state index in [1.807, 2.05) is 80.6 Å². The SMILES string of the molecule is CC[C@@H](C)NC(=O)[C@@H](Cc1ccccc1)N(Cc1cccc(Cl)c1)C(=O)CCc1ccc2c(c1)OCCO2. The first-order chi connectivity index (χ1) is 18.4. The van der Waals surface area contributed by atoms with Crippen LogP contribution in [0.3, 0.4) is 0 Å². The highest BCUT2D eigenvalue weighted by molar-refractivity contribution is 6.30. The van der Waals surface area contributed by atoms with Gasteiger partial charge >= 0.3 is 0 Å². The van der Waals surface area contributed by atoms with Gasteiger partial charge in [0.05, 0.1) is 0 Å². The normalized spacial score (nSPS) is 13.9. The highest BCUT2D eigenvalue weighted by Crippen LogP contribution is 2.31. The lowest BCUT2D eigenvalue weighted by Gasteiger charge is -2.32. The molecule has 0 aromatic heterocycles. The van der Waals surface area contributed by atoms with Crippen molar-refractivity contribution < 1.29 is 19.1 Å². The molecule has 7 heteroatoms. The summed E-state index contributed by atoms with van der Waals surface area (Å²) in [4.78, 5) is 29.1. The first-order valence-electron chi connectivity index (χ1n) is 13.2. The van der Waals surface area contributed by atoms with Crippen molar-refractivity contribution in [3.63, 3.8) is 0 Å². The number of hydrogen-bond acceptors (Lipinski definition) is 4. The Morgan fingerprint density at radius 1 is 0.921 bits per heavy atom. The summed E-state index contributed by atoms with van der Waals surface area (Å²) in [5.41, 5.74) is 2.85. The molecule has 4 rings (SSSR count). The van der Waals surface area contributed by atoms with Crippen molar-refractivity contribution in [2.24, 2.45) is 0 Å². The second-order valence-electron chi connectivity index (χ2n) is 9.65. The molecular weight excluding hydrogens is 500 g/mol. The van der Waals surface area contributed by atoms with Gasteiger partial charge in [0.25, 0.3) is 0 Å². The van der Waals surface area contributed by atoms with E-state index >= 15 is 0 Å². The number of rotatable bonds is 11. The quantitative estimate of drug-likeness (QED) is 0.348. The van der Waals surface area contributed by atoms with Gasteiger partial charge in [0.15, 0.2) is 11.5 Å². The van der Waals surface area contributed by atoms with E-state index < -0.39 is 6.04 Å². The predicted molar refractivity (Wildman–Crippen MR) is 150 cm³/mol. The van der Waals surface area contributed by atoms with Gasteiger partial charge in [0.1, 0.15) is 19.3 Å². The van der Waals surface area contributed by atoms with E-state index in [2.05, 4.69) is 5.32 Å².